The molecule has 1 atom stereocenters. The first-order chi connectivity index (χ1) is 8.79. The highest BCUT2D eigenvalue weighted by Gasteiger charge is 2.14. The maximum absolute atomic E-state index is 9.46. The number of nitrogens with zero attached hydrogens (tertiary/aromatic N) is 1. The van der Waals surface area contributed by atoms with E-state index >= 15 is 0 Å². The highest BCUT2D eigenvalue weighted by atomic mass is 16.3. The molecule has 0 aliphatic rings. The number of rotatable bonds is 13. The lowest BCUT2D eigenvalue weighted by Gasteiger charge is -2.29. The van der Waals surface area contributed by atoms with Gasteiger partial charge in [0, 0.05) is 6.04 Å². The smallest absolute Gasteiger partial charge is 0.0586 e. The largest absolute Gasteiger partial charge is 0.395 e. The Hall–Kier alpha value is -0.0800. The van der Waals surface area contributed by atoms with E-state index in [0.717, 1.165) is 6.42 Å². The Balaban J connectivity index is 3.91. The fourth-order valence-corrected chi connectivity index (χ4v) is 2.46. The van der Waals surface area contributed by atoms with Gasteiger partial charge in [-0.1, -0.05) is 59.3 Å². The zero-order valence-electron chi connectivity index (χ0n) is 13.0. The Labute approximate surface area is 115 Å². The van der Waals surface area contributed by atoms with E-state index in [0.29, 0.717) is 12.6 Å². The second kappa shape index (κ2) is 13.4. The quantitative estimate of drug-likeness (QED) is 0.499. The molecule has 0 aromatic heterocycles. The number of hydrogen-bond acceptors (Lipinski definition) is 2. The summed E-state index contributed by atoms with van der Waals surface area (Å²) in [6.07, 6.45) is 11.6. The maximum Gasteiger partial charge on any atom is 0.0586 e. The first-order valence-electron chi connectivity index (χ1n) is 8.14. The van der Waals surface area contributed by atoms with Gasteiger partial charge in [0.15, 0.2) is 0 Å². The van der Waals surface area contributed by atoms with Crippen molar-refractivity contribution in [3.05, 3.63) is 0 Å². The van der Waals surface area contributed by atoms with Crippen molar-refractivity contribution in [2.45, 2.75) is 84.6 Å². The molecule has 0 saturated heterocycles. The highest BCUT2D eigenvalue weighted by Crippen LogP contribution is 2.10. The van der Waals surface area contributed by atoms with E-state index in [2.05, 4.69) is 25.7 Å². The molecule has 0 aliphatic carbocycles. The van der Waals surface area contributed by atoms with Crippen LogP contribution >= 0.6 is 0 Å². The van der Waals surface area contributed by atoms with Crippen molar-refractivity contribution >= 4 is 0 Å². The van der Waals surface area contributed by atoms with Gasteiger partial charge in [0.1, 0.15) is 0 Å². The van der Waals surface area contributed by atoms with Gasteiger partial charge in [-0.25, -0.2) is 0 Å². The molecular weight excluding hydrogens is 222 g/mol. The van der Waals surface area contributed by atoms with Crippen LogP contribution in [0.15, 0.2) is 0 Å². The molecule has 18 heavy (non-hydrogen) atoms. The van der Waals surface area contributed by atoms with Crippen LogP contribution in [0.4, 0.5) is 0 Å². The van der Waals surface area contributed by atoms with Crippen LogP contribution < -0.4 is 0 Å². The average molecular weight is 257 g/mol. The van der Waals surface area contributed by atoms with Gasteiger partial charge in [-0.05, 0) is 32.4 Å². The highest BCUT2D eigenvalue weighted by molar-refractivity contribution is 4.69. The van der Waals surface area contributed by atoms with Crippen molar-refractivity contribution in [3.63, 3.8) is 0 Å². The standard InChI is InChI=1S/C16H35NO/c1-4-7-9-11-13-17(16(6-3)15-18)14-12-10-8-5-2/h16,18H,4-15H2,1-3H3. The minimum atomic E-state index is 0.318. The van der Waals surface area contributed by atoms with E-state index in [9.17, 15) is 5.11 Å². The van der Waals surface area contributed by atoms with Crippen LogP contribution in [-0.4, -0.2) is 35.7 Å². The predicted octanol–water partition coefficient (Wildman–Crippen LogP) is 4.22. The number of aliphatic hydroxyl groups excluding tert-OH is 1. The zero-order chi connectivity index (χ0) is 13.6. The molecule has 2 nitrogen and oxygen atoms in total. The summed E-state index contributed by atoms with van der Waals surface area (Å²) >= 11 is 0. The molecule has 0 saturated carbocycles. The van der Waals surface area contributed by atoms with Gasteiger partial charge in [-0.3, -0.25) is 4.90 Å². The summed E-state index contributed by atoms with van der Waals surface area (Å²) in [6.45, 7) is 9.36. The molecule has 0 aliphatic heterocycles. The van der Waals surface area contributed by atoms with E-state index in [4.69, 9.17) is 0 Å². The number of unbranched alkanes of at least 4 members (excludes halogenated alkanes) is 6. The third kappa shape index (κ3) is 8.93. The molecule has 0 bridgehead atoms. The van der Waals surface area contributed by atoms with Gasteiger partial charge < -0.3 is 5.11 Å². The molecule has 2 heteroatoms. The molecule has 1 unspecified atom stereocenters. The third-order valence-electron chi connectivity index (χ3n) is 3.80. The first kappa shape index (κ1) is 17.9. The normalized spacial score (nSPS) is 13.2. The van der Waals surface area contributed by atoms with Gasteiger partial charge in [0.05, 0.1) is 6.61 Å². The molecule has 0 aromatic rings. The Kier molecular flexibility index (Phi) is 13.3. The van der Waals surface area contributed by atoms with Gasteiger partial charge in [0.2, 0.25) is 0 Å². The van der Waals surface area contributed by atoms with E-state index in [1.54, 1.807) is 0 Å². The van der Waals surface area contributed by atoms with Crippen molar-refractivity contribution in [3.8, 4) is 0 Å². The van der Waals surface area contributed by atoms with Gasteiger partial charge in [0.25, 0.3) is 0 Å². The Morgan fingerprint density at radius 2 is 1.28 bits per heavy atom. The summed E-state index contributed by atoms with van der Waals surface area (Å²) in [4.78, 5) is 2.52. The minimum Gasteiger partial charge on any atom is -0.395 e. The lowest BCUT2D eigenvalue weighted by atomic mass is 10.1. The first-order valence-corrected chi connectivity index (χ1v) is 8.14. The van der Waals surface area contributed by atoms with Crippen molar-refractivity contribution in [1.82, 2.24) is 4.90 Å². The predicted molar refractivity (Wildman–Crippen MR) is 81.0 cm³/mol. The van der Waals surface area contributed by atoms with Crippen LogP contribution in [0.1, 0.15) is 78.6 Å². The summed E-state index contributed by atoms with van der Waals surface area (Å²) in [7, 11) is 0. The van der Waals surface area contributed by atoms with Crippen LogP contribution in [0.25, 0.3) is 0 Å². The second-order valence-electron chi connectivity index (χ2n) is 5.40. The SMILES string of the molecule is CCCCCCN(CCCCCC)C(CC)CO. The van der Waals surface area contributed by atoms with E-state index in [-0.39, 0.29) is 0 Å². The van der Waals surface area contributed by atoms with E-state index in [1.165, 1.54) is 64.5 Å². The molecular formula is C16H35NO. The van der Waals surface area contributed by atoms with Gasteiger partial charge in [-0.15, -0.1) is 0 Å². The van der Waals surface area contributed by atoms with Crippen LogP contribution in [0.5, 0.6) is 0 Å². The van der Waals surface area contributed by atoms with Crippen LogP contribution in [0, 0.1) is 0 Å². The summed E-state index contributed by atoms with van der Waals surface area (Å²) in [5, 5.41) is 9.46. The van der Waals surface area contributed by atoms with Crippen LogP contribution in [0.3, 0.4) is 0 Å². The molecule has 110 valence electrons. The fraction of sp³-hybridized carbons (Fsp3) is 1.00. The molecule has 0 radical (unpaired) electrons. The lowest BCUT2D eigenvalue weighted by Crippen LogP contribution is -2.39. The molecule has 0 rings (SSSR count). The van der Waals surface area contributed by atoms with E-state index < -0.39 is 0 Å². The maximum atomic E-state index is 9.46. The molecule has 0 amide bonds. The Bertz CT molecular complexity index is 145. The van der Waals surface area contributed by atoms with E-state index in [1.807, 2.05) is 0 Å². The molecule has 0 fully saturated rings. The van der Waals surface area contributed by atoms with Crippen molar-refractivity contribution < 1.29 is 5.11 Å². The second-order valence-corrected chi connectivity index (χ2v) is 5.40. The average Bonchev–Trinajstić information content (AvgIpc) is 2.40. The van der Waals surface area contributed by atoms with Gasteiger partial charge in [-0.2, -0.15) is 0 Å². The van der Waals surface area contributed by atoms with Crippen molar-refractivity contribution in [2.75, 3.05) is 19.7 Å². The summed E-state index contributed by atoms with van der Waals surface area (Å²) in [5.74, 6) is 0. The summed E-state index contributed by atoms with van der Waals surface area (Å²) in [5.41, 5.74) is 0. The summed E-state index contributed by atoms with van der Waals surface area (Å²) < 4.78 is 0. The van der Waals surface area contributed by atoms with Crippen LogP contribution in [0.2, 0.25) is 0 Å². The number of aliphatic hydroxyl groups is 1. The van der Waals surface area contributed by atoms with Gasteiger partial charge >= 0.3 is 0 Å². The third-order valence-corrected chi connectivity index (χ3v) is 3.80. The topological polar surface area (TPSA) is 23.5 Å². The fourth-order valence-electron chi connectivity index (χ4n) is 2.46. The Morgan fingerprint density at radius 1 is 0.778 bits per heavy atom. The molecule has 0 aromatic carbocycles. The van der Waals surface area contributed by atoms with Crippen molar-refractivity contribution in [2.24, 2.45) is 0 Å². The summed E-state index contributed by atoms with van der Waals surface area (Å²) in [6, 6.07) is 0.383. The zero-order valence-corrected chi connectivity index (χ0v) is 13.0. The minimum absolute atomic E-state index is 0.318. The Morgan fingerprint density at radius 3 is 1.61 bits per heavy atom. The molecule has 0 spiro atoms. The molecule has 1 N–H and O–H groups in total. The van der Waals surface area contributed by atoms with Crippen molar-refractivity contribution in [1.29, 1.82) is 0 Å². The van der Waals surface area contributed by atoms with Crippen LogP contribution in [-0.2, 0) is 0 Å². The molecule has 0 heterocycles. The number of hydrogen-bond donors (Lipinski definition) is 1. The monoisotopic (exact) mass is 257 g/mol. The lowest BCUT2D eigenvalue weighted by molar-refractivity contribution is 0.115.